The maximum absolute atomic E-state index is 10.6. The predicted octanol–water partition coefficient (Wildman–Crippen LogP) is 25.3. The van der Waals surface area contributed by atoms with Gasteiger partial charge in [-0.2, -0.15) is 15.7 Å². The topological polar surface area (TPSA) is 144 Å². The predicted molar refractivity (Wildman–Crippen MR) is 460 cm³/mol. The van der Waals surface area contributed by atoms with Gasteiger partial charge in [0.1, 0.15) is 52.1 Å². The standard InChI is InChI=1S/C44H52N2O4.C19H30O2.C12H16O2.C10H12.CH4NP2.H4P2.2V.6H2/c1-7-12-16-20-24-47-41-30-37(42(28-35(41)6)48-25-21-17-13-8-2)29-38(34-46)40-32-43(49-26-22-18-14-9-3)39(36(11-5)33-45)31-44(40)50-27-23-19-15-10-4;1-6-9-11-16(8-3)14-21-19-12-15(4)18(20-5)13-17(19)10-7-2;1-5-6-10-8-11(13-3)9(2)7-12(10)14-4;1-3-4-10-7-5-9(2)6-8-10;2-1(3)4;1-2;;;;;;;;/h3,11,28-32H,7-8,10,12-13,15-17,19-21,23-25,27H2,1-2,4-6H3;7,10,12-13,16H,6,8-9,11,14H2,1-5H3;5-8H,1-4H3;3-8H,1-2H3;3-4H2;1-2H2;;;6*1H/q;;;;-1;;;;;;;;;/b36-11+,38-29+;10-7+;;4-3+;;;;;;;;;;. The second-order valence-electron chi connectivity index (χ2n) is 23.4. The van der Waals surface area contributed by atoms with Crippen molar-refractivity contribution in [3.8, 4) is 94.3 Å². The first kappa shape index (κ1) is 101. The van der Waals surface area contributed by atoms with Crippen molar-refractivity contribution in [1.29, 1.82) is 10.5 Å². The smallest absolute Gasteiger partial charge is 0.149 e. The van der Waals surface area contributed by atoms with E-state index in [1.54, 1.807) is 52.5 Å². The van der Waals surface area contributed by atoms with E-state index < -0.39 is 0 Å². The van der Waals surface area contributed by atoms with Gasteiger partial charge in [-0.05, 0) is 176 Å². The summed E-state index contributed by atoms with van der Waals surface area (Å²) < 4.78 is 46.7. The molecule has 5 aromatic carbocycles. The number of methoxy groups -OCH3 is 3. The Balaban J connectivity index is -0.000000198. The maximum atomic E-state index is 10.6. The zero-order chi connectivity index (χ0) is 75.6. The molecule has 5 unspecified atom stereocenters. The SMILES string of the molecule is C#CC#CC#COc1cc(/C(C#N)=C/c2cc(OCCCCCC)c(C)cc2OCCCCCC)c(OCCCCCC)cc1/C(C#N)=C/C.C/C=C/c1cc(OC)c(C)cc1OCC(CC)CCCC.C/C=C/c1ccc(C)cc1.CC=Cc1cc(OC)c(C)cc1OC.PP.[HH].[HH].[HH].[HH].[HH].[HH].[N-]=C(P)P.[V].[V]. The molecule has 0 fully saturated rings. The monoisotopic (exact) mass is 1560 g/mol. The van der Waals surface area contributed by atoms with E-state index >= 15 is 0 Å². The first-order valence-electron chi connectivity index (χ1n) is 35.3. The molecule has 5 atom stereocenters. The molecule has 568 valence electrons. The van der Waals surface area contributed by atoms with Crippen LogP contribution in [0.3, 0.4) is 0 Å². The number of rotatable bonds is 35. The molecule has 0 amide bonds. The molecule has 0 saturated heterocycles. The van der Waals surface area contributed by atoms with E-state index in [4.69, 9.17) is 49.7 Å². The zero-order valence-electron chi connectivity index (χ0n) is 64.7. The van der Waals surface area contributed by atoms with E-state index in [9.17, 15) is 10.5 Å². The molecule has 0 aliphatic rings. The van der Waals surface area contributed by atoms with E-state index in [1.165, 1.54) is 43.2 Å². The molecule has 2 radical (unpaired) electrons. The number of hydrogen-bond acceptors (Lipinski definition) is 10. The van der Waals surface area contributed by atoms with Crippen LogP contribution in [0, 0.1) is 92.5 Å². The van der Waals surface area contributed by atoms with Gasteiger partial charge in [-0.1, -0.05) is 184 Å². The summed E-state index contributed by atoms with van der Waals surface area (Å²) in [4.78, 5) is 0. The van der Waals surface area contributed by atoms with Crippen molar-refractivity contribution >= 4 is 77.0 Å². The van der Waals surface area contributed by atoms with Crippen molar-refractivity contribution in [3.05, 3.63) is 158 Å². The number of aryl methyl sites for hydroxylation is 4. The van der Waals surface area contributed by atoms with Crippen molar-refractivity contribution in [1.82, 2.24) is 0 Å². The summed E-state index contributed by atoms with van der Waals surface area (Å²) in [6.45, 7) is 29.4. The van der Waals surface area contributed by atoms with E-state index in [0.717, 1.165) is 139 Å². The number of hydrogen-bond donors (Lipinski definition) is 0. The summed E-state index contributed by atoms with van der Waals surface area (Å²) in [5, 5.41) is 28.7. The Hall–Kier alpha value is -6.58. The Labute approximate surface area is 665 Å². The van der Waals surface area contributed by atoms with Crippen molar-refractivity contribution in [3.63, 3.8) is 0 Å². The van der Waals surface area contributed by atoms with Crippen LogP contribution in [0.25, 0.3) is 40.9 Å². The third-order valence-corrected chi connectivity index (χ3v) is 15.4. The second-order valence-corrected chi connectivity index (χ2v) is 25.3. The fourth-order valence-electron chi connectivity index (χ4n) is 9.86. The van der Waals surface area contributed by atoms with Crippen LogP contribution in [-0.4, -0.2) is 53.0 Å². The van der Waals surface area contributed by atoms with Crippen molar-refractivity contribution < 1.29 is 83.6 Å². The Bertz CT molecular complexity index is 3660. The fourth-order valence-corrected chi connectivity index (χ4v) is 9.86. The summed E-state index contributed by atoms with van der Waals surface area (Å²) in [6, 6.07) is 28.6. The molecule has 0 heterocycles. The number of benzene rings is 5. The molecular formula is C86H130N3O8P4V2-. The number of unbranched alkanes of at least 4 members (excludes halogenated alkanes) is 10. The molecule has 0 aliphatic heterocycles. The molecule has 103 heavy (non-hydrogen) atoms. The number of nitrogens with zero attached hydrogens (tertiary/aromatic N) is 3. The van der Waals surface area contributed by atoms with Crippen LogP contribution in [0.4, 0.5) is 0 Å². The Morgan fingerprint density at radius 3 is 1.38 bits per heavy atom. The normalized spacial score (nSPS) is 10.6. The van der Waals surface area contributed by atoms with Crippen LogP contribution in [0.5, 0.6) is 46.0 Å². The van der Waals surface area contributed by atoms with Gasteiger partial charge in [0.2, 0.25) is 0 Å². The van der Waals surface area contributed by atoms with Crippen molar-refractivity contribution in [2.75, 3.05) is 47.8 Å². The number of terminal acetylenes is 1. The molecule has 17 heteroatoms. The molecule has 5 rings (SSSR count). The second kappa shape index (κ2) is 65.0. The summed E-state index contributed by atoms with van der Waals surface area (Å²) in [5.74, 6) is 16.2. The van der Waals surface area contributed by atoms with E-state index in [-0.39, 0.29) is 56.6 Å². The fraction of sp³-hybridized carbons (Fsp3) is 0.430. The van der Waals surface area contributed by atoms with Gasteiger partial charge in [-0.15, -0.1) is 42.8 Å². The van der Waals surface area contributed by atoms with Crippen LogP contribution in [-0.2, 0) is 37.1 Å². The quantitative estimate of drug-likeness (QED) is 0.00960. The van der Waals surface area contributed by atoms with E-state index in [2.05, 4.69) is 175 Å². The molecule has 0 aromatic heterocycles. The molecular weight excluding hydrogens is 1430 g/mol. The zero-order valence-corrected chi connectivity index (χ0v) is 72.1. The molecule has 11 nitrogen and oxygen atoms in total. The summed E-state index contributed by atoms with van der Waals surface area (Å²) in [7, 11) is 13.9. The third kappa shape index (κ3) is 42.8. The molecule has 0 spiro atoms. The molecule has 5 aromatic rings. The van der Waals surface area contributed by atoms with Gasteiger partial charge in [-0.25, -0.2) is 0 Å². The average molecular weight is 1560 g/mol. The van der Waals surface area contributed by atoms with Crippen LogP contribution in [0.1, 0.15) is 229 Å². The van der Waals surface area contributed by atoms with Gasteiger partial charge in [0.15, 0.2) is 0 Å². The van der Waals surface area contributed by atoms with Gasteiger partial charge in [0.25, 0.3) is 0 Å². The Kier molecular flexibility index (Phi) is 63.5. The van der Waals surface area contributed by atoms with Gasteiger partial charge in [-0.3, -0.25) is 0 Å². The van der Waals surface area contributed by atoms with Crippen LogP contribution in [0.15, 0.2) is 97.1 Å². The molecule has 0 bridgehead atoms. The van der Waals surface area contributed by atoms with Crippen molar-refractivity contribution in [2.45, 2.75) is 193 Å². The van der Waals surface area contributed by atoms with Gasteiger partial charge >= 0.3 is 0 Å². The van der Waals surface area contributed by atoms with E-state index in [1.807, 2.05) is 83.2 Å². The van der Waals surface area contributed by atoms with Gasteiger partial charge in [0.05, 0.1) is 71.0 Å². The number of nitriles is 2. The van der Waals surface area contributed by atoms with Gasteiger partial charge < -0.3 is 43.3 Å². The van der Waals surface area contributed by atoms with E-state index in [0.29, 0.717) is 59.5 Å². The van der Waals surface area contributed by atoms with Crippen LogP contribution in [0.2, 0.25) is 0 Å². The largest absolute Gasteiger partial charge is 0.804 e. The molecule has 0 saturated carbocycles. The number of ether oxygens (including phenoxy) is 8. The first-order valence-corrected chi connectivity index (χ1v) is 39.2. The van der Waals surface area contributed by atoms with Crippen LogP contribution >= 0.6 is 36.3 Å². The van der Waals surface area contributed by atoms with Crippen molar-refractivity contribution in [2.24, 2.45) is 5.92 Å². The summed E-state index contributed by atoms with van der Waals surface area (Å²) >= 11 is 0. The number of allylic oxidation sites excluding steroid dienone is 6. The summed E-state index contributed by atoms with van der Waals surface area (Å²) in [6.07, 6.45) is 41.3. The minimum absolute atomic E-state index is 0. The van der Waals surface area contributed by atoms with Gasteiger partial charge in [0, 0.05) is 85.3 Å². The minimum atomic E-state index is 0. The third-order valence-electron chi connectivity index (χ3n) is 15.4. The minimum Gasteiger partial charge on any atom is -0.804 e. The molecule has 0 aliphatic carbocycles. The maximum Gasteiger partial charge on any atom is 0.149 e. The average Bonchev–Trinajstić information content (AvgIpc) is 0.793. The molecule has 0 N–H and O–H groups in total. The Morgan fingerprint density at radius 2 is 0.932 bits per heavy atom. The summed E-state index contributed by atoms with van der Waals surface area (Å²) in [5.41, 5.74) is 10.3. The Morgan fingerprint density at radius 1 is 0.505 bits per heavy atom. The van der Waals surface area contributed by atoms with Crippen LogP contribution < -0.4 is 37.9 Å². The first-order chi connectivity index (χ1) is 48.9.